The molecule has 0 fully saturated rings. The molecule has 1 aromatic carbocycles. The summed E-state index contributed by atoms with van der Waals surface area (Å²) in [6, 6.07) is 7.36. The minimum absolute atomic E-state index is 0.338. The van der Waals surface area contributed by atoms with Crippen LogP contribution < -0.4 is 16.5 Å². The van der Waals surface area contributed by atoms with Crippen molar-refractivity contribution in [2.45, 2.75) is 25.4 Å². The summed E-state index contributed by atoms with van der Waals surface area (Å²) >= 11 is 1.57. The Hall–Kier alpha value is -3.10. The van der Waals surface area contributed by atoms with Crippen molar-refractivity contribution in [3.05, 3.63) is 57.8 Å². The normalized spacial score (nSPS) is 11.3. The molecule has 2 amide bonds. The number of nitrogens with one attached hydrogen (secondary N) is 2. The summed E-state index contributed by atoms with van der Waals surface area (Å²) in [5.74, 6) is 10.1. The Morgan fingerprint density at radius 1 is 1.11 bits per heavy atom. The van der Waals surface area contributed by atoms with Crippen LogP contribution >= 0.6 is 11.3 Å². The number of hydrogen-bond acceptors (Lipinski definition) is 5. The van der Waals surface area contributed by atoms with E-state index in [-0.39, 0.29) is 0 Å². The van der Waals surface area contributed by atoms with Crippen molar-refractivity contribution >= 4 is 23.2 Å². The van der Waals surface area contributed by atoms with E-state index in [4.69, 9.17) is 10.9 Å². The SMILES string of the molecule is CC(C)(N)[C@H](NC(=O)c1ccc(C#CC#Cc2ccsc2)cc1)C(=O)NO. The highest BCUT2D eigenvalue weighted by atomic mass is 32.1. The molecule has 0 aliphatic rings. The van der Waals surface area contributed by atoms with Crippen LogP contribution in [0.15, 0.2) is 41.1 Å². The first-order valence-electron chi connectivity index (χ1n) is 7.99. The number of rotatable bonds is 4. The second kappa shape index (κ2) is 9.02. The molecule has 2 rings (SSSR count). The summed E-state index contributed by atoms with van der Waals surface area (Å²) in [5, 5.41) is 15.2. The molecule has 138 valence electrons. The summed E-state index contributed by atoms with van der Waals surface area (Å²) in [7, 11) is 0. The van der Waals surface area contributed by atoms with Gasteiger partial charge in [-0.15, -0.1) is 0 Å². The van der Waals surface area contributed by atoms with Gasteiger partial charge >= 0.3 is 0 Å². The molecule has 2 aromatic rings. The molecule has 27 heavy (non-hydrogen) atoms. The lowest BCUT2D eigenvalue weighted by atomic mass is 9.95. The van der Waals surface area contributed by atoms with E-state index >= 15 is 0 Å². The molecule has 6 nitrogen and oxygen atoms in total. The van der Waals surface area contributed by atoms with Crippen LogP contribution in [0.3, 0.4) is 0 Å². The number of thiophene rings is 1. The first-order chi connectivity index (χ1) is 12.8. The van der Waals surface area contributed by atoms with E-state index in [1.165, 1.54) is 5.48 Å². The van der Waals surface area contributed by atoms with Gasteiger partial charge in [0.05, 0.1) is 0 Å². The van der Waals surface area contributed by atoms with E-state index in [1.54, 1.807) is 49.4 Å². The molecule has 0 aliphatic carbocycles. The molecule has 0 unspecified atom stereocenters. The van der Waals surface area contributed by atoms with Gasteiger partial charge in [0, 0.05) is 27.6 Å². The predicted molar refractivity (Wildman–Crippen MR) is 104 cm³/mol. The number of benzene rings is 1. The van der Waals surface area contributed by atoms with Crippen molar-refractivity contribution in [3.8, 4) is 23.7 Å². The van der Waals surface area contributed by atoms with E-state index in [9.17, 15) is 9.59 Å². The minimum atomic E-state index is -1.10. The fourth-order valence-electron chi connectivity index (χ4n) is 2.12. The Morgan fingerprint density at radius 3 is 2.26 bits per heavy atom. The van der Waals surface area contributed by atoms with Crippen LogP contribution in [-0.2, 0) is 4.79 Å². The fraction of sp³-hybridized carbons (Fsp3) is 0.200. The standard InChI is InChI=1S/C20H19N3O3S/c1-20(2,21)17(19(25)23-26)22-18(24)16-9-7-14(8-10-16)5-3-4-6-15-11-12-27-13-15/h7-13,17,26H,21H2,1-2H3,(H,22,24)(H,23,25)/t17-/m1/s1. The van der Waals surface area contributed by atoms with Gasteiger partial charge in [-0.25, -0.2) is 5.48 Å². The van der Waals surface area contributed by atoms with Crippen molar-refractivity contribution in [2.75, 3.05) is 0 Å². The van der Waals surface area contributed by atoms with Gasteiger partial charge in [-0.05, 0) is 61.4 Å². The average molecular weight is 381 g/mol. The molecule has 0 spiro atoms. The Balaban J connectivity index is 2.06. The van der Waals surface area contributed by atoms with Gasteiger partial charge in [0.2, 0.25) is 0 Å². The van der Waals surface area contributed by atoms with Crippen LogP contribution in [0.5, 0.6) is 0 Å². The van der Waals surface area contributed by atoms with Crippen molar-refractivity contribution < 1.29 is 14.8 Å². The summed E-state index contributed by atoms with van der Waals surface area (Å²) < 4.78 is 0. The Morgan fingerprint density at radius 2 is 1.74 bits per heavy atom. The maximum atomic E-state index is 12.3. The summed E-state index contributed by atoms with van der Waals surface area (Å²) in [6.45, 7) is 3.14. The lowest BCUT2D eigenvalue weighted by molar-refractivity contribution is -0.132. The first kappa shape index (κ1) is 20.2. The number of hydroxylamine groups is 1. The molecule has 0 aliphatic heterocycles. The quantitative estimate of drug-likeness (QED) is 0.366. The third-order valence-electron chi connectivity index (χ3n) is 3.54. The second-order valence-corrected chi connectivity index (χ2v) is 7.07. The van der Waals surface area contributed by atoms with Gasteiger partial charge in [-0.1, -0.05) is 11.8 Å². The largest absolute Gasteiger partial charge is 0.338 e. The van der Waals surface area contributed by atoms with Gasteiger partial charge in [-0.2, -0.15) is 11.3 Å². The lowest BCUT2D eigenvalue weighted by Crippen LogP contribution is -2.61. The molecule has 0 saturated heterocycles. The molecule has 1 aromatic heterocycles. The molecule has 0 saturated carbocycles. The zero-order valence-corrected chi connectivity index (χ0v) is 15.7. The van der Waals surface area contributed by atoms with Crippen LogP contribution in [0, 0.1) is 23.7 Å². The predicted octanol–water partition coefficient (Wildman–Crippen LogP) is 1.49. The maximum absolute atomic E-state index is 12.3. The van der Waals surface area contributed by atoms with E-state index in [0.29, 0.717) is 11.1 Å². The number of hydrogen-bond donors (Lipinski definition) is 4. The average Bonchev–Trinajstić information content (AvgIpc) is 3.15. The Bertz CT molecular complexity index is 921. The Kier molecular flexibility index (Phi) is 6.75. The third-order valence-corrected chi connectivity index (χ3v) is 4.22. The summed E-state index contributed by atoms with van der Waals surface area (Å²) in [4.78, 5) is 24.1. The van der Waals surface area contributed by atoms with Gasteiger partial charge in [0.1, 0.15) is 6.04 Å². The van der Waals surface area contributed by atoms with Crippen molar-refractivity contribution in [3.63, 3.8) is 0 Å². The fourth-order valence-corrected chi connectivity index (χ4v) is 2.70. The van der Waals surface area contributed by atoms with Crippen LogP contribution in [0.4, 0.5) is 0 Å². The Labute approximate surface area is 161 Å². The number of amides is 2. The van der Waals surface area contributed by atoms with Crippen molar-refractivity contribution in [2.24, 2.45) is 5.73 Å². The summed E-state index contributed by atoms with van der Waals surface area (Å²) in [6.07, 6.45) is 0. The van der Waals surface area contributed by atoms with E-state index in [0.717, 1.165) is 5.56 Å². The topological polar surface area (TPSA) is 104 Å². The van der Waals surface area contributed by atoms with Crippen LogP contribution in [0.25, 0.3) is 0 Å². The zero-order chi connectivity index (χ0) is 19.9. The summed E-state index contributed by atoms with van der Waals surface area (Å²) in [5.41, 5.74) is 8.31. The minimum Gasteiger partial charge on any atom is -0.338 e. The van der Waals surface area contributed by atoms with E-state index < -0.39 is 23.4 Å². The lowest BCUT2D eigenvalue weighted by Gasteiger charge is -2.29. The first-order valence-corrected chi connectivity index (χ1v) is 8.93. The molecular formula is C20H19N3O3S. The maximum Gasteiger partial charge on any atom is 0.267 e. The van der Waals surface area contributed by atoms with Crippen molar-refractivity contribution in [1.29, 1.82) is 0 Å². The number of carbonyl (C=O) groups is 2. The van der Waals surface area contributed by atoms with Gasteiger partial charge in [-0.3, -0.25) is 14.8 Å². The van der Waals surface area contributed by atoms with Crippen molar-refractivity contribution in [1.82, 2.24) is 10.8 Å². The number of carbonyl (C=O) groups excluding carboxylic acids is 2. The van der Waals surface area contributed by atoms with Crippen LogP contribution in [0.2, 0.25) is 0 Å². The molecule has 0 bridgehead atoms. The molecule has 1 heterocycles. The third kappa shape index (κ3) is 5.98. The highest BCUT2D eigenvalue weighted by molar-refractivity contribution is 7.08. The van der Waals surface area contributed by atoms with Crippen LogP contribution in [-0.4, -0.2) is 28.6 Å². The molecule has 1 atom stereocenters. The zero-order valence-electron chi connectivity index (χ0n) is 14.9. The van der Waals surface area contributed by atoms with E-state index in [1.807, 2.05) is 16.8 Å². The number of nitrogens with two attached hydrogens (primary N) is 1. The van der Waals surface area contributed by atoms with Gasteiger partial charge in [0.15, 0.2) is 0 Å². The van der Waals surface area contributed by atoms with Gasteiger partial charge < -0.3 is 11.1 Å². The molecule has 7 heteroatoms. The molecular weight excluding hydrogens is 362 g/mol. The molecule has 0 radical (unpaired) electrons. The van der Waals surface area contributed by atoms with Gasteiger partial charge in [0.25, 0.3) is 11.8 Å². The molecule has 5 N–H and O–H groups in total. The monoisotopic (exact) mass is 381 g/mol. The highest BCUT2D eigenvalue weighted by Crippen LogP contribution is 2.09. The smallest absolute Gasteiger partial charge is 0.267 e. The second-order valence-electron chi connectivity index (χ2n) is 6.29. The highest BCUT2D eigenvalue weighted by Gasteiger charge is 2.33. The van der Waals surface area contributed by atoms with E-state index in [2.05, 4.69) is 29.0 Å². The van der Waals surface area contributed by atoms with Crippen LogP contribution in [0.1, 0.15) is 35.3 Å².